The predicted octanol–water partition coefficient (Wildman–Crippen LogP) is 3.55. The molecule has 0 aliphatic carbocycles. The lowest BCUT2D eigenvalue weighted by atomic mass is 10.1. The van der Waals surface area contributed by atoms with E-state index in [0.717, 1.165) is 11.8 Å². The van der Waals surface area contributed by atoms with Gasteiger partial charge >= 0.3 is 0 Å². The van der Waals surface area contributed by atoms with Gasteiger partial charge in [-0.1, -0.05) is 62.0 Å². The summed E-state index contributed by atoms with van der Waals surface area (Å²) < 4.78 is 0. The number of anilines is 2. The SMILES string of the molecule is CC(C)C(=O)Nc1ccccc1-c1nnc(S[C@@H](C)C(=O)Nc2ccccc2)[nH]c1=O. The fourth-order valence-electron chi connectivity index (χ4n) is 2.61. The Hall–Kier alpha value is -3.46. The summed E-state index contributed by atoms with van der Waals surface area (Å²) in [5, 5.41) is 13.5. The number of nitrogens with one attached hydrogen (secondary N) is 3. The third kappa shape index (κ3) is 5.79. The first kappa shape index (κ1) is 22.2. The molecule has 1 aromatic heterocycles. The number of carbonyl (C=O) groups is 2. The number of aromatic amines is 1. The van der Waals surface area contributed by atoms with Crippen LogP contribution >= 0.6 is 11.8 Å². The summed E-state index contributed by atoms with van der Waals surface area (Å²) in [5.41, 5.74) is 1.27. The minimum absolute atomic E-state index is 0.0883. The van der Waals surface area contributed by atoms with Gasteiger partial charge in [0.05, 0.1) is 10.9 Å². The number of benzene rings is 2. The van der Waals surface area contributed by atoms with Crippen molar-refractivity contribution in [1.29, 1.82) is 0 Å². The molecule has 3 aromatic rings. The monoisotopic (exact) mass is 437 g/mol. The molecule has 0 aliphatic rings. The van der Waals surface area contributed by atoms with E-state index < -0.39 is 10.8 Å². The first-order chi connectivity index (χ1) is 14.8. The lowest BCUT2D eigenvalue weighted by molar-refractivity contribution is -0.119. The zero-order chi connectivity index (χ0) is 22.4. The van der Waals surface area contributed by atoms with Gasteiger partial charge in [-0.25, -0.2) is 0 Å². The highest BCUT2D eigenvalue weighted by Crippen LogP contribution is 2.25. The molecule has 0 unspecified atom stereocenters. The van der Waals surface area contributed by atoms with Gasteiger partial charge in [0.25, 0.3) is 5.56 Å². The van der Waals surface area contributed by atoms with Gasteiger partial charge in [0, 0.05) is 17.2 Å². The highest BCUT2D eigenvalue weighted by Gasteiger charge is 2.19. The van der Waals surface area contributed by atoms with E-state index in [9.17, 15) is 14.4 Å². The molecule has 2 aromatic carbocycles. The van der Waals surface area contributed by atoms with Crippen molar-refractivity contribution in [3.63, 3.8) is 0 Å². The van der Waals surface area contributed by atoms with Crippen LogP contribution in [0.3, 0.4) is 0 Å². The molecule has 1 heterocycles. The van der Waals surface area contributed by atoms with E-state index in [1.807, 2.05) is 18.2 Å². The first-order valence-corrected chi connectivity index (χ1v) is 10.6. The van der Waals surface area contributed by atoms with Gasteiger partial charge in [-0.05, 0) is 25.1 Å². The second kappa shape index (κ2) is 10.0. The molecule has 0 radical (unpaired) electrons. The smallest absolute Gasteiger partial charge is 0.278 e. The maximum absolute atomic E-state index is 12.7. The largest absolute Gasteiger partial charge is 0.325 e. The van der Waals surface area contributed by atoms with E-state index >= 15 is 0 Å². The van der Waals surface area contributed by atoms with E-state index in [1.54, 1.807) is 57.2 Å². The molecule has 0 saturated heterocycles. The quantitative estimate of drug-likeness (QED) is 0.487. The van der Waals surface area contributed by atoms with Crippen molar-refractivity contribution in [2.24, 2.45) is 5.92 Å². The number of hydrogen-bond donors (Lipinski definition) is 3. The fraction of sp³-hybridized carbons (Fsp3) is 0.227. The lowest BCUT2D eigenvalue weighted by Crippen LogP contribution is -2.24. The summed E-state index contributed by atoms with van der Waals surface area (Å²) in [5.74, 6) is -0.591. The Bertz CT molecular complexity index is 1130. The molecule has 8 nitrogen and oxygen atoms in total. The van der Waals surface area contributed by atoms with Crippen molar-refractivity contribution in [1.82, 2.24) is 15.2 Å². The van der Waals surface area contributed by atoms with Crippen LogP contribution in [0.5, 0.6) is 0 Å². The molecule has 1 atom stereocenters. The number of amides is 2. The Morgan fingerprint density at radius 2 is 1.58 bits per heavy atom. The number of carbonyl (C=O) groups excluding carboxylic acids is 2. The number of hydrogen-bond acceptors (Lipinski definition) is 6. The van der Waals surface area contributed by atoms with Gasteiger partial charge in [-0.3, -0.25) is 19.4 Å². The summed E-state index contributed by atoms with van der Waals surface area (Å²) >= 11 is 1.10. The molecule has 0 spiro atoms. The van der Waals surface area contributed by atoms with E-state index in [0.29, 0.717) is 16.9 Å². The van der Waals surface area contributed by atoms with Crippen molar-refractivity contribution >= 4 is 35.0 Å². The highest BCUT2D eigenvalue weighted by atomic mass is 32.2. The predicted molar refractivity (Wildman–Crippen MR) is 122 cm³/mol. The Labute approximate surface area is 183 Å². The van der Waals surface area contributed by atoms with Gasteiger partial charge in [0.15, 0.2) is 10.9 Å². The van der Waals surface area contributed by atoms with Gasteiger partial charge in [0.1, 0.15) is 0 Å². The molecule has 0 saturated carbocycles. The van der Waals surface area contributed by atoms with Crippen LogP contribution in [0.2, 0.25) is 0 Å². The highest BCUT2D eigenvalue weighted by molar-refractivity contribution is 8.00. The van der Waals surface area contributed by atoms with Crippen molar-refractivity contribution in [3.05, 3.63) is 65.0 Å². The van der Waals surface area contributed by atoms with Crippen LogP contribution in [0, 0.1) is 5.92 Å². The third-order valence-electron chi connectivity index (χ3n) is 4.34. The number of thioether (sulfide) groups is 1. The molecule has 31 heavy (non-hydrogen) atoms. The van der Waals surface area contributed by atoms with Crippen LogP contribution in [0.4, 0.5) is 11.4 Å². The molecular weight excluding hydrogens is 414 g/mol. The minimum Gasteiger partial charge on any atom is -0.325 e. The van der Waals surface area contributed by atoms with Crippen LogP contribution in [0.15, 0.2) is 64.5 Å². The minimum atomic E-state index is -0.506. The van der Waals surface area contributed by atoms with Crippen molar-refractivity contribution < 1.29 is 9.59 Å². The van der Waals surface area contributed by atoms with Crippen molar-refractivity contribution in [2.45, 2.75) is 31.2 Å². The standard InChI is InChI=1S/C22H23N5O3S/c1-13(2)19(28)24-17-12-8-7-11-16(17)18-21(30)25-22(27-26-18)31-14(3)20(29)23-15-9-5-4-6-10-15/h4-14H,1-3H3,(H,23,29)(H,24,28)(H,25,27,30)/t14-/m0/s1. The van der Waals surface area contributed by atoms with Crippen LogP contribution in [-0.4, -0.2) is 32.2 Å². The second-order valence-corrected chi connectivity index (χ2v) is 8.44. The molecule has 160 valence electrons. The topological polar surface area (TPSA) is 117 Å². The van der Waals surface area contributed by atoms with Gasteiger partial charge < -0.3 is 10.6 Å². The van der Waals surface area contributed by atoms with Crippen molar-refractivity contribution in [2.75, 3.05) is 10.6 Å². The Morgan fingerprint density at radius 1 is 0.903 bits per heavy atom. The molecule has 0 aliphatic heterocycles. The maximum atomic E-state index is 12.7. The summed E-state index contributed by atoms with van der Waals surface area (Å²) in [6, 6.07) is 16.0. The zero-order valence-electron chi connectivity index (χ0n) is 17.4. The first-order valence-electron chi connectivity index (χ1n) is 9.75. The average Bonchev–Trinajstić information content (AvgIpc) is 2.75. The van der Waals surface area contributed by atoms with E-state index in [1.165, 1.54) is 0 Å². The van der Waals surface area contributed by atoms with Crippen molar-refractivity contribution in [3.8, 4) is 11.3 Å². The molecule has 3 rings (SSSR count). The number of aromatic nitrogens is 3. The molecule has 0 fully saturated rings. The van der Waals surface area contributed by atoms with Gasteiger partial charge in [-0.2, -0.15) is 0 Å². The molecule has 2 amide bonds. The zero-order valence-corrected chi connectivity index (χ0v) is 18.2. The molecule has 9 heteroatoms. The van der Waals surface area contributed by atoms with Gasteiger partial charge in [-0.15, -0.1) is 10.2 Å². The van der Waals surface area contributed by atoms with Gasteiger partial charge in [0.2, 0.25) is 11.8 Å². The Balaban J connectivity index is 1.76. The molecule has 0 bridgehead atoms. The summed E-state index contributed by atoms with van der Waals surface area (Å²) in [4.78, 5) is 39.8. The maximum Gasteiger partial charge on any atom is 0.278 e. The summed E-state index contributed by atoms with van der Waals surface area (Å²) in [6.07, 6.45) is 0. The van der Waals surface area contributed by atoms with Crippen LogP contribution in [0.25, 0.3) is 11.3 Å². The lowest BCUT2D eigenvalue weighted by Gasteiger charge is -2.13. The average molecular weight is 438 g/mol. The fourth-order valence-corrected chi connectivity index (χ4v) is 3.35. The second-order valence-electron chi connectivity index (χ2n) is 7.11. The third-order valence-corrected chi connectivity index (χ3v) is 5.31. The van der Waals surface area contributed by atoms with E-state index in [2.05, 4.69) is 25.8 Å². The van der Waals surface area contributed by atoms with E-state index in [4.69, 9.17) is 0 Å². The summed E-state index contributed by atoms with van der Waals surface area (Å²) in [6.45, 7) is 5.28. The normalized spacial score (nSPS) is 11.7. The van der Waals surface area contributed by atoms with Crippen LogP contribution in [0.1, 0.15) is 20.8 Å². The van der Waals surface area contributed by atoms with Crippen LogP contribution in [-0.2, 0) is 9.59 Å². The number of nitrogens with zero attached hydrogens (tertiary/aromatic N) is 2. The number of para-hydroxylation sites is 2. The summed E-state index contributed by atoms with van der Waals surface area (Å²) in [7, 11) is 0. The van der Waals surface area contributed by atoms with E-state index in [-0.39, 0.29) is 28.6 Å². The number of H-pyrrole nitrogens is 1. The van der Waals surface area contributed by atoms with Crippen LogP contribution < -0.4 is 16.2 Å². The Morgan fingerprint density at radius 3 is 2.26 bits per heavy atom. The number of rotatable bonds is 7. The molecule has 3 N–H and O–H groups in total. The molecular formula is C22H23N5O3S. The Kier molecular flexibility index (Phi) is 7.19.